The van der Waals surface area contributed by atoms with Crippen molar-refractivity contribution in [3.05, 3.63) is 66.4 Å². The molecule has 3 nitrogen and oxygen atoms in total. The summed E-state index contributed by atoms with van der Waals surface area (Å²) in [4.78, 5) is 15.2. The van der Waals surface area contributed by atoms with Gasteiger partial charge >= 0.3 is 0 Å². The first-order chi connectivity index (χ1) is 10.7. The minimum absolute atomic E-state index is 0.237. The number of carbonyl (C=O) groups excluding carboxylic acids is 1. The van der Waals surface area contributed by atoms with Gasteiger partial charge in [-0.15, -0.1) is 0 Å². The second-order valence-corrected chi connectivity index (χ2v) is 5.43. The Kier molecular flexibility index (Phi) is 4.15. The summed E-state index contributed by atoms with van der Waals surface area (Å²) < 4.78 is 0. The summed E-state index contributed by atoms with van der Waals surface area (Å²) in [6, 6.07) is 18.7. The maximum Gasteiger partial charge on any atom is 0.217 e. The van der Waals surface area contributed by atoms with E-state index in [1.807, 2.05) is 24.4 Å². The third-order valence-electron chi connectivity index (χ3n) is 3.77. The highest BCUT2D eigenvalue weighted by atomic mass is 16.1. The van der Waals surface area contributed by atoms with Gasteiger partial charge in [-0.05, 0) is 36.1 Å². The third kappa shape index (κ3) is 3.31. The number of primary amides is 1. The van der Waals surface area contributed by atoms with Gasteiger partial charge in [0, 0.05) is 23.6 Å². The van der Waals surface area contributed by atoms with Gasteiger partial charge in [-0.25, -0.2) is 0 Å². The average Bonchev–Trinajstić information content (AvgIpc) is 2.55. The summed E-state index contributed by atoms with van der Waals surface area (Å²) >= 11 is 0. The molecule has 0 unspecified atom stereocenters. The number of para-hydroxylation sites is 1. The van der Waals surface area contributed by atoms with Gasteiger partial charge in [-0.1, -0.05) is 42.5 Å². The molecule has 0 spiro atoms. The van der Waals surface area contributed by atoms with Crippen LogP contribution in [0.25, 0.3) is 22.0 Å². The Balaban J connectivity index is 1.77. The second kappa shape index (κ2) is 6.39. The second-order valence-electron chi connectivity index (χ2n) is 5.43. The lowest BCUT2D eigenvalue weighted by Gasteiger charge is -2.05. The van der Waals surface area contributed by atoms with Gasteiger partial charge in [0.15, 0.2) is 0 Å². The molecule has 0 fully saturated rings. The normalized spacial score (nSPS) is 10.7. The van der Waals surface area contributed by atoms with Crippen LogP contribution in [0.2, 0.25) is 0 Å². The molecule has 0 saturated carbocycles. The van der Waals surface area contributed by atoms with E-state index in [0.29, 0.717) is 6.42 Å². The Morgan fingerprint density at radius 1 is 1.00 bits per heavy atom. The zero-order valence-electron chi connectivity index (χ0n) is 12.3. The quantitative estimate of drug-likeness (QED) is 0.778. The van der Waals surface area contributed by atoms with Crippen molar-refractivity contribution in [2.45, 2.75) is 19.3 Å². The minimum Gasteiger partial charge on any atom is -0.370 e. The molecule has 3 aromatic rings. The summed E-state index contributed by atoms with van der Waals surface area (Å²) in [5.41, 5.74) is 9.65. The van der Waals surface area contributed by atoms with E-state index < -0.39 is 0 Å². The zero-order valence-corrected chi connectivity index (χ0v) is 12.3. The molecule has 0 aliphatic carbocycles. The van der Waals surface area contributed by atoms with Gasteiger partial charge < -0.3 is 5.73 Å². The van der Waals surface area contributed by atoms with Crippen LogP contribution in [0.1, 0.15) is 18.4 Å². The molecule has 2 aromatic carbocycles. The number of pyridine rings is 1. The van der Waals surface area contributed by atoms with Crippen molar-refractivity contribution in [3.8, 4) is 11.1 Å². The fourth-order valence-corrected chi connectivity index (χ4v) is 2.56. The van der Waals surface area contributed by atoms with Crippen LogP contribution >= 0.6 is 0 Å². The Labute approximate surface area is 129 Å². The number of aryl methyl sites for hydroxylation is 1. The van der Waals surface area contributed by atoms with Crippen LogP contribution in [0.5, 0.6) is 0 Å². The molecule has 22 heavy (non-hydrogen) atoms. The summed E-state index contributed by atoms with van der Waals surface area (Å²) in [6.07, 6.45) is 4.02. The topological polar surface area (TPSA) is 56.0 Å². The fraction of sp³-hybridized carbons (Fsp3) is 0.158. The number of hydrogen-bond donors (Lipinski definition) is 1. The van der Waals surface area contributed by atoms with Gasteiger partial charge in [0.1, 0.15) is 0 Å². The first-order valence-corrected chi connectivity index (χ1v) is 7.45. The molecular formula is C19H18N2O. The number of benzene rings is 2. The van der Waals surface area contributed by atoms with E-state index in [0.717, 1.165) is 34.9 Å². The molecule has 110 valence electrons. The molecule has 0 bridgehead atoms. The molecule has 0 atom stereocenters. The van der Waals surface area contributed by atoms with Crippen LogP contribution in [0.15, 0.2) is 60.8 Å². The molecule has 0 aliphatic rings. The lowest BCUT2D eigenvalue weighted by atomic mass is 10.0. The van der Waals surface area contributed by atoms with E-state index in [4.69, 9.17) is 5.73 Å². The van der Waals surface area contributed by atoms with Gasteiger partial charge in [-0.2, -0.15) is 0 Å². The smallest absolute Gasteiger partial charge is 0.217 e. The number of hydrogen-bond acceptors (Lipinski definition) is 2. The average molecular weight is 290 g/mol. The summed E-state index contributed by atoms with van der Waals surface area (Å²) in [7, 11) is 0. The molecule has 1 heterocycles. The van der Waals surface area contributed by atoms with Crippen molar-refractivity contribution < 1.29 is 4.79 Å². The monoisotopic (exact) mass is 290 g/mol. The predicted molar refractivity (Wildman–Crippen MR) is 89.3 cm³/mol. The first kappa shape index (κ1) is 14.3. The number of rotatable bonds is 5. The molecular weight excluding hydrogens is 272 g/mol. The van der Waals surface area contributed by atoms with Gasteiger partial charge in [0.05, 0.1) is 5.52 Å². The maximum atomic E-state index is 10.8. The molecule has 0 saturated heterocycles. The van der Waals surface area contributed by atoms with Crippen LogP contribution in [0.3, 0.4) is 0 Å². The van der Waals surface area contributed by atoms with E-state index in [1.165, 1.54) is 5.56 Å². The van der Waals surface area contributed by atoms with Gasteiger partial charge in [-0.3, -0.25) is 9.78 Å². The summed E-state index contributed by atoms with van der Waals surface area (Å²) in [5.74, 6) is -0.237. The van der Waals surface area contributed by atoms with Crippen molar-refractivity contribution in [1.29, 1.82) is 0 Å². The van der Waals surface area contributed by atoms with Crippen LogP contribution in [0, 0.1) is 0 Å². The lowest BCUT2D eigenvalue weighted by Crippen LogP contribution is -2.10. The largest absolute Gasteiger partial charge is 0.370 e. The maximum absolute atomic E-state index is 10.8. The fourth-order valence-electron chi connectivity index (χ4n) is 2.56. The highest BCUT2D eigenvalue weighted by Crippen LogP contribution is 2.23. The van der Waals surface area contributed by atoms with E-state index >= 15 is 0 Å². The Morgan fingerprint density at radius 3 is 2.55 bits per heavy atom. The molecule has 2 N–H and O–H groups in total. The van der Waals surface area contributed by atoms with Crippen LogP contribution in [-0.2, 0) is 11.2 Å². The van der Waals surface area contributed by atoms with Crippen molar-refractivity contribution in [2.75, 3.05) is 0 Å². The zero-order chi connectivity index (χ0) is 15.4. The van der Waals surface area contributed by atoms with Crippen molar-refractivity contribution in [3.63, 3.8) is 0 Å². The Bertz CT molecular complexity index is 794. The lowest BCUT2D eigenvalue weighted by molar-refractivity contribution is -0.118. The number of fused-ring (bicyclic) bond motifs is 1. The van der Waals surface area contributed by atoms with Crippen molar-refractivity contribution in [2.24, 2.45) is 5.73 Å². The first-order valence-electron chi connectivity index (χ1n) is 7.45. The molecule has 3 rings (SSSR count). The predicted octanol–water partition coefficient (Wildman–Crippen LogP) is 3.71. The number of nitrogens with zero attached hydrogens (tertiary/aromatic N) is 1. The van der Waals surface area contributed by atoms with Crippen LogP contribution in [-0.4, -0.2) is 10.9 Å². The molecule has 0 aliphatic heterocycles. The summed E-state index contributed by atoms with van der Waals surface area (Å²) in [5, 5.41) is 1.14. The number of nitrogens with two attached hydrogens (primary N) is 1. The van der Waals surface area contributed by atoms with E-state index in [2.05, 4.69) is 41.4 Å². The molecule has 1 aromatic heterocycles. The Hall–Kier alpha value is -2.68. The molecule has 0 radical (unpaired) electrons. The van der Waals surface area contributed by atoms with E-state index in [1.54, 1.807) is 0 Å². The van der Waals surface area contributed by atoms with Crippen LogP contribution < -0.4 is 5.73 Å². The highest BCUT2D eigenvalue weighted by Gasteiger charge is 2.02. The SMILES string of the molecule is NC(=O)CCCc1ccc(-c2cnc3ccccc3c2)cc1. The van der Waals surface area contributed by atoms with Gasteiger partial charge in [0.25, 0.3) is 0 Å². The van der Waals surface area contributed by atoms with Gasteiger partial charge in [0.2, 0.25) is 5.91 Å². The van der Waals surface area contributed by atoms with Crippen molar-refractivity contribution >= 4 is 16.8 Å². The summed E-state index contributed by atoms with van der Waals surface area (Å²) in [6.45, 7) is 0. The molecule has 3 heteroatoms. The number of carbonyl (C=O) groups is 1. The van der Waals surface area contributed by atoms with E-state index in [9.17, 15) is 4.79 Å². The van der Waals surface area contributed by atoms with Crippen molar-refractivity contribution in [1.82, 2.24) is 4.98 Å². The number of aromatic nitrogens is 1. The highest BCUT2D eigenvalue weighted by molar-refractivity contribution is 5.83. The van der Waals surface area contributed by atoms with E-state index in [-0.39, 0.29) is 5.91 Å². The third-order valence-corrected chi connectivity index (χ3v) is 3.77. The molecule has 1 amide bonds. The minimum atomic E-state index is -0.237. The number of amides is 1. The van der Waals surface area contributed by atoms with Crippen LogP contribution in [0.4, 0.5) is 0 Å². The Morgan fingerprint density at radius 2 is 1.77 bits per heavy atom. The standard InChI is InChI=1S/C19H18N2O/c20-19(22)7-3-4-14-8-10-15(11-9-14)17-12-16-5-1-2-6-18(16)21-13-17/h1-2,5-6,8-13H,3-4,7H2,(H2,20,22).